The molecule has 22 heavy (non-hydrogen) atoms. The van der Waals surface area contributed by atoms with Gasteiger partial charge in [-0.05, 0) is 30.7 Å². The summed E-state index contributed by atoms with van der Waals surface area (Å²) < 4.78 is 41.2. The Labute approximate surface area is 133 Å². The van der Waals surface area contributed by atoms with Crippen LogP contribution in [0.1, 0.15) is 13.3 Å². The predicted molar refractivity (Wildman–Crippen MR) is 84.6 cm³/mol. The van der Waals surface area contributed by atoms with Crippen LogP contribution in [0.5, 0.6) is 0 Å². The summed E-state index contributed by atoms with van der Waals surface area (Å²) in [4.78, 5) is 13.3. The second-order valence-corrected chi connectivity index (χ2v) is 7.33. The topological polar surface area (TPSA) is 66.8 Å². The lowest BCUT2D eigenvalue weighted by atomic mass is 10.3. The molecule has 0 radical (unpaired) electrons. The van der Waals surface area contributed by atoms with E-state index in [1.54, 1.807) is 0 Å². The van der Waals surface area contributed by atoms with Gasteiger partial charge < -0.3 is 0 Å². The van der Waals surface area contributed by atoms with E-state index >= 15 is 0 Å². The fourth-order valence-corrected chi connectivity index (χ4v) is 4.19. The number of benzene rings is 1. The second kappa shape index (κ2) is 6.62. The van der Waals surface area contributed by atoms with Crippen LogP contribution in [0.15, 0.2) is 46.2 Å². The molecule has 0 bridgehead atoms. The van der Waals surface area contributed by atoms with Crippen LogP contribution in [0.3, 0.4) is 0 Å². The van der Waals surface area contributed by atoms with Crippen molar-refractivity contribution in [3.05, 3.63) is 42.7 Å². The average molecular weight is 342 g/mol. The van der Waals surface area contributed by atoms with Gasteiger partial charge in [-0.1, -0.05) is 24.8 Å². The molecule has 2 rings (SSSR count). The van der Waals surface area contributed by atoms with Gasteiger partial charge in [0.15, 0.2) is 5.17 Å². The minimum atomic E-state index is -3.99. The van der Waals surface area contributed by atoms with Gasteiger partial charge in [0, 0.05) is 6.54 Å². The van der Waals surface area contributed by atoms with Crippen LogP contribution < -0.4 is 0 Å². The number of nitrogens with zero attached hydrogens (tertiary/aromatic N) is 2. The Morgan fingerprint density at radius 2 is 2.05 bits per heavy atom. The third-order valence-corrected chi connectivity index (χ3v) is 5.75. The molecule has 1 aliphatic rings. The van der Waals surface area contributed by atoms with Crippen LogP contribution in [0.4, 0.5) is 4.39 Å². The third-order valence-electron chi connectivity index (χ3n) is 3.01. The smallest absolute Gasteiger partial charge is 0.284 e. The Hall–Kier alpha value is -1.67. The fourth-order valence-electron chi connectivity index (χ4n) is 1.90. The van der Waals surface area contributed by atoms with Gasteiger partial charge in [-0.25, -0.2) is 4.39 Å². The van der Waals surface area contributed by atoms with Gasteiger partial charge in [0.2, 0.25) is 5.91 Å². The molecule has 0 spiro atoms. The highest BCUT2D eigenvalue weighted by molar-refractivity contribution is 8.16. The van der Waals surface area contributed by atoms with Gasteiger partial charge >= 0.3 is 0 Å². The minimum Gasteiger partial charge on any atom is -0.286 e. The zero-order valence-corrected chi connectivity index (χ0v) is 13.5. The highest BCUT2D eigenvalue weighted by atomic mass is 32.2. The standard InChI is InChI=1S/C14H15FN2O3S2/c1-3-9-17-13(18)12(4-2)21-14(17)16-22(19,20)11-7-5-10(15)6-8-11/h3,5-8,12H,1,4,9H2,2H3/t12-/m0/s1. The Balaban J connectivity index is 2.39. The molecule has 118 valence electrons. The normalized spacial score (nSPS) is 20.6. The molecule has 0 aromatic heterocycles. The summed E-state index contributed by atoms with van der Waals surface area (Å²) in [6.07, 6.45) is 2.09. The van der Waals surface area contributed by atoms with Gasteiger partial charge in [0.25, 0.3) is 10.0 Å². The molecule has 0 saturated carbocycles. The summed E-state index contributed by atoms with van der Waals surface area (Å²) in [7, 11) is -3.99. The molecule has 1 amide bonds. The number of sulfonamides is 1. The maximum absolute atomic E-state index is 12.9. The van der Waals surface area contributed by atoms with Gasteiger partial charge in [-0.3, -0.25) is 9.69 Å². The summed E-state index contributed by atoms with van der Waals surface area (Å²) in [6.45, 7) is 5.60. The molecule has 1 heterocycles. The molecular weight excluding hydrogens is 327 g/mol. The minimum absolute atomic E-state index is 0.118. The quantitative estimate of drug-likeness (QED) is 0.771. The molecule has 1 aliphatic heterocycles. The Bertz CT molecular complexity index is 714. The van der Waals surface area contributed by atoms with E-state index in [4.69, 9.17) is 0 Å². The first-order valence-corrected chi connectivity index (χ1v) is 8.90. The van der Waals surface area contributed by atoms with Crippen LogP contribution in [0.2, 0.25) is 0 Å². The number of amides is 1. The van der Waals surface area contributed by atoms with Crippen LogP contribution in [-0.4, -0.2) is 36.2 Å². The molecule has 8 heteroatoms. The van der Waals surface area contributed by atoms with Crippen molar-refractivity contribution in [3.63, 3.8) is 0 Å². The van der Waals surface area contributed by atoms with E-state index in [0.29, 0.717) is 6.42 Å². The first-order chi connectivity index (χ1) is 10.4. The van der Waals surface area contributed by atoms with Gasteiger partial charge in [0.1, 0.15) is 5.82 Å². The van der Waals surface area contributed by atoms with E-state index in [-0.39, 0.29) is 27.8 Å². The molecule has 1 aromatic rings. The van der Waals surface area contributed by atoms with E-state index in [1.807, 2.05) is 6.92 Å². The van der Waals surface area contributed by atoms with E-state index in [2.05, 4.69) is 11.0 Å². The van der Waals surface area contributed by atoms with Crippen molar-refractivity contribution in [3.8, 4) is 0 Å². The summed E-state index contributed by atoms with van der Waals surface area (Å²) in [5.41, 5.74) is 0. The zero-order valence-electron chi connectivity index (χ0n) is 11.9. The molecular formula is C14H15FN2O3S2. The van der Waals surface area contributed by atoms with E-state index in [0.717, 1.165) is 36.0 Å². The predicted octanol–water partition coefficient (Wildman–Crippen LogP) is 2.41. The van der Waals surface area contributed by atoms with Crippen molar-refractivity contribution in [2.45, 2.75) is 23.5 Å². The molecule has 1 fully saturated rings. The largest absolute Gasteiger partial charge is 0.286 e. The third kappa shape index (κ3) is 3.38. The Morgan fingerprint density at radius 1 is 1.41 bits per heavy atom. The van der Waals surface area contributed by atoms with Crippen LogP contribution in [-0.2, 0) is 14.8 Å². The monoisotopic (exact) mass is 342 g/mol. The summed E-state index contributed by atoms with van der Waals surface area (Å²) in [5, 5.41) is -0.219. The number of hydrogen-bond acceptors (Lipinski definition) is 4. The van der Waals surface area contributed by atoms with Crippen LogP contribution in [0.25, 0.3) is 0 Å². The molecule has 0 unspecified atom stereocenters. The maximum Gasteiger partial charge on any atom is 0.284 e. The van der Waals surface area contributed by atoms with Crippen LogP contribution in [0, 0.1) is 5.82 Å². The van der Waals surface area contributed by atoms with Crippen molar-refractivity contribution in [2.24, 2.45) is 4.40 Å². The Morgan fingerprint density at radius 3 is 2.59 bits per heavy atom. The average Bonchev–Trinajstić information content (AvgIpc) is 2.76. The first kappa shape index (κ1) is 16.7. The molecule has 0 N–H and O–H groups in total. The van der Waals surface area contributed by atoms with Crippen molar-refractivity contribution in [1.29, 1.82) is 0 Å². The molecule has 0 aliphatic carbocycles. The van der Waals surface area contributed by atoms with Gasteiger partial charge in [-0.15, -0.1) is 11.0 Å². The summed E-state index contributed by atoms with van der Waals surface area (Å²) >= 11 is 1.12. The lowest BCUT2D eigenvalue weighted by Crippen LogP contribution is -2.32. The zero-order chi connectivity index (χ0) is 16.3. The number of amidine groups is 1. The van der Waals surface area contributed by atoms with Crippen LogP contribution >= 0.6 is 11.8 Å². The molecule has 1 saturated heterocycles. The molecule has 1 atom stereocenters. The number of rotatable bonds is 5. The van der Waals surface area contributed by atoms with E-state index in [9.17, 15) is 17.6 Å². The number of halogens is 1. The lowest BCUT2D eigenvalue weighted by molar-refractivity contribution is -0.125. The lowest BCUT2D eigenvalue weighted by Gasteiger charge is -2.13. The van der Waals surface area contributed by atoms with Crippen molar-refractivity contribution in [2.75, 3.05) is 6.54 Å². The number of carbonyl (C=O) groups is 1. The summed E-state index contributed by atoms with van der Waals surface area (Å²) in [6, 6.07) is 4.39. The fraction of sp³-hybridized carbons (Fsp3) is 0.286. The maximum atomic E-state index is 12.9. The van der Waals surface area contributed by atoms with Crippen molar-refractivity contribution in [1.82, 2.24) is 4.90 Å². The molecule has 5 nitrogen and oxygen atoms in total. The summed E-state index contributed by atoms with van der Waals surface area (Å²) in [5.74, 6) is -0.711. The SMILES string of the molecule is C=CCN1C(=O)[C@H](CC)SC1=NS(=O)(=O)c1ccc(F)cc1. The highest BCUT2D eigenvalue weighted by Crippen LogP contribution is 2.30. The van der Waals surface area contributed by atoms with E-state index < -0.39 is 15.8 Å². The number of hydrogen-bond donors (Lipinski definition) is 0. The Kier molecular flexibility index (Phi) is 5.02. The number of carbonyl (C=O) groups excluding carboxylic acids is 1. The first-order valence-electron chi connectivity index (χ1n) is 6.58. The second-order valence-electron chi connectivity index (χ2n) is 4.56. The number of thioether (sulfide) groups is 1. The highest BCUT2D eigenvalue weighted by Gasteiger charge is 2.37. The molecule has 1 aromatic carbocycles. The van der Waals surface area contributed by atoms with Gasteiger partial charge in [0.05, 0.1) is 10.1 Å². The van der Waals surface area contributed by atoms with Crippen molar-refractivity contribution >= 4 is 32.9 Å². The van der Waals surface area contributed by atoms with Gasteiger partial charge in [-0.2, -0.15) is 8.42 Å². The van der Waals surface area contributed by atoms with Crippen molar-refractivity contribution < 1.29 is 17.6 Å². The van der Waals surface area contributed by atoms with E-state index in [1.165, 1.54) is 11.0 Å².